The second kappa shape index (κ2) is 10.4. The van der Waals surface area contributed by atoms with Gasteiger partial charge in [-0.15, -0.1) is 11.8 Å². The molecule has 0 aliphatic carbocycles. The molecule has 144 valence electrons. The largest absolute Gasteiger partial charge is 0.495 e. The van der Waals surface area contributed by atoms with E-state index in [4.69, 9.17) is 15.2 Å². The van der Waals surface area contributed by atoms with Crippen molar-refractivity contribution in [2.24, 2.45) is 0 Å². The van der Waals surface area contributed by atoms with Crippen molar-refractivity contribution in [1.29, 1.82) is 0 Å². The van der Waals surface area contributed by atoms with Crippen LogP contribution < -0.4 is 21.1 Å². The third kappa shape index (κ3) is 6.19. The van der Waals surface area contributed by atoms with Gasteiger partial charge in [0.15, 0.2) is 0 Å². The maximum Gasteiger partial charge on any atom is 0.256 e. The van der Waals surface area contributed by atoms with E-state index in [-0.39, 0.29) is 17.6 Å². The van der Waals surface area contributed by atoms with Crippen LogP contribution in [-0.4, -0.2) is 44.9 Å². The molecule has 7 nitrogen and oxygen atoms in total. The molecule has 0 radical (unpaired) electrons. The fourth-order valence-electron chi connectivity index (χ4n) is 2.28. The molecule has 0 bridgehead atoms. The Labute approximate surface area is 162 Å². The van der Waals surface area contributed by atoms with Gasteiger partial charge in [0.1, 0.15) is 5.75 Å². The number of nitrogen functional groups attached to an aromatic ring is 1. The Balaban J connectivity index is 2.02. The number of benzene rings is 2. The molecule has 0 atom stereocenters. The van der Waals surface area contributed by atoms with E-state index < -0.39 is 0 Å². The Kier molecular flexibility index (Phi) is 7.97. The molecular formula is C19H23N3O4S. The van der Waals surface area contributed by atoms with Crippen molar-refractivity contribution >= 4 is 35.0 Å². The van der Waals surface area contributed by atoms with Gasteiger partial charge in [-0.05, 0) is 30.3 Å². The smallest absolute Gasteiger partial charge is 0.256 e. The van der Waals surface area contributed by atoms with Crippen LogP contribution in [0.5, 0.6) is 5.75 Å². The van der Waals surface area contributed by atoms with Crippen molar-refractivity contribution in [2.75, 3.05) is 44.2 Å². The summed E-state index contributed by atoms with van der Waals surface area (Å²) in [5.74, 6) is 0.366. The summed E-state index contributed by atoms with van der Waals surface area (Å²) in [5, 5.41) is 5.56. The number of ether oxygens (including phenoxy) is 2. The molecule has 0 saturated carbocycles. The molecule has 0 aliphatic rings. The highest BCUT2D eigenvalue weighted by Gasteiger charge is 2.13. The van der Waals surface area contributed by atoms with Crippen LogP contribution in [0.15, 0.2) is 47.4 Å². The SMILES string of the molecule is COCCNC(=O)CSc1ccccc1C(=O)Nc1ccc(OC)c(N)c1. The Morgan fingerprint density at radius 3 is 2.63 bits per heavy atom. The van der Waals surface area contributed by atoms with Gasteiger partial charge in [0.25, 0.3) is 5.91 Å². The lowest BCUT2D eigenvalue weighted by Crippen LogP contribution is -2.28. The molecule has 27 heavy (non-hydrogen) atoms. The van der Waals surface area contributed by atoms with Crippen molar-refractivity contribution in [3.05, 3.63) is 48.0 Å². The van der Waals surface area contributed by atoms with Crippen LogP contribution in [0.1, 0.15) is 10.4 Å². The van der Waals surface area contributed by atoms with Gasteiger partial charge >= 0.3 is 0 Å². The zero-order chi connectivity index (χ0) is 19.6. The zero-order valence-electron chi connectivity index (χ0n) is 15.3. The molecule has 2 aromatic carbocycles. The fourth-order valence-corrected chi connectivity index (χ4v) is 3.16. The van der Waals surface area contributed by atoms with E-state index in [1.807, 2.05) is 12.1 Å². The van der Waals surface area contributed by atoms with Crippen LogP contribution in [0.4, 0.5) is 11.4 Å². The van der Waals surface area contributed by atoms with Crippen molar-refractivity contribution in [3.8, 4) is 5.75 Å². The second-order valence-corrected chi connectivity index (χ2v) is 6.56. The van der Waals surface area contributed by atoms with E-state index in [0.717, 1.165) is 4.90 Å². The van der Waals surface area contributed by atoms with E-state index in [2.05, 4.69) is 10.6 Å². The number of hydrogen-bond acceptors (Lipinski definition) is 6. The van der Waals surface area contributed by atoms with Crippen LogP contribution in [0.2, 0.25) is 0 Å². The van der Waals surface area contributed by atoms with E-state index >= 15 is 0 Å². The minimum absolute atomic E-state index is 0.116. The summed E-state index contributed by atoms with van der Waals surface area (Å²) in [5.41, 5.74) is 7.36. The van der Waals surface area contributed by atoms with Crippen molar-refractivity contribution in [3.63, 3.8) is 0 Å². The van der Waals surface area contributed by atoms with Gasteiger partial charge in [-0.1, -0.05) is 12.1 Å². The van der Waals surface area contributed by atoms with Crippen LogP contribution in [0.3, 0.4) is 0 Å². The van der Waals surface area contributed by atoms with Gasteiger partial charge in [-0.2, -0.15) is 0 Å². The molecule has 0 aromatic heterocycles. The first-order valence-corrected chi connectivity index (χ1v) is 9.26. The lowest BCUT2D eigenvalue weighted by Gasteiger charge is -2.11. The number of anilines is 2. The van der Waals surface area contributed by atoms with Crippen molar-refractivity contribution in [2.45, 2.75) is 4.90 Å². The Morgan fingerprint density at radius 2 is 1.93 bits per heavy atom. The maximum absolute atomic E-state index is 12.6. The molecule has 2 amide bonds. The second-order valence-electron chi connectivity index (χ2n) is 5.54. The molecule has 0 spiro atoms. The molecule has 4 N–H and O–H groups in total. The lowest BCUT2D eigenvalue weighted by molar-refractivity contribution is -0.118. The molecule has 0 heterocycles. The summed E-state index contributed by atoms with van der Waals surface area (Å²) in [6.45, 7) is 0.914. The minimum Gasteiger partial charge on any atom is -0.495 e. The third-order valence-electron chi connectivity index (χ3n) is 3.61. The number of rotatable bonds is 9. The number of methoxy groups -OCH3 is 2. The number of nitrogens with two attached hydrogens (primary N) is 1. The first kappa shape index (κ1) is 20.6. The fraction of sp³-hybridized carbons (Fsp3) is 0.263. The number of carbonyl (C=O) groups is 2. The zero-order valence-corrected chi connectivity index (χ0v) is 16.1. The molecule has 0 saturated heterocycles. The lowest BCUT2D eigenvalue weighted by atomic mass is 10.2. The van der Waals surface area contributed by atoms with E-state index in [1.54, 1.807) is 37.4 Å². The van der Waals surface area contributed by atoms with Crippen molar-refractivity contribution < 1.29 is 19.1 Å². The first-order valence-electron chi connectivity index (χ1n) is 8.27. The monoisotopic (exact) mass is 389 g/mol. The van der Waals surface area contributed by atoms with Crippen LogP contribution in [-0.2, 0) is 9.53 Å². The number of nitrogens with one attached hydrogen (secondary N) is 2. The van der Waals surface area contributed by atoms with E-state index in [9.17, 15) is 9.59 Å². The summed E-state index contributed by atoms with van der Waals surface area (Å²) >= 11 is 1.30. The topological polar surface area (TPSA) is 103 Å². The Bertz CT molecular complexity index is 798. The molecule has 2 rings (SSSR count). The maximum atomic E-state index is 12.6. The van der Waals surface area contributed by atoms with Gasteiger partial charge < -0.3 is 25.8 Å². The normalized spacial score (nSPS) is 10.3. The Hall–Kier alpha value is -2.71. The predicted octanol–water partition coefficient (Wildman–Crippen LogP) is 2.38. The average molecular weight is 389 g/mol. The average Bonchev–Trinajstić information content (AvgIpc) is 2.67. The van der Waals surface area contributed by atoms with Crippen molar-refractivity contribution in [1.82, 2.24) is 5.32 Å². The van der Waals surface area contributed by atoms with Gasteiger partial charge in [0, 0.05) is 24.2 Å². The predicted molar refractivity (Wildman–Crippen MR) is 107 cm³/mol. The molecule has 8 heteroatoms. The number of amides is 2. The van der Waals surface area contributed by atoms with Crippen LogP contribution >= 0.6 is 11.8 Å². The van der Waals surface area contributed by atoms with E-state index in [0.29, 0.717) is 35.8 Å². The van der Waals surface area contributed by atoms with Gasteiger partial charge in [-0.3, -0.25) is 9.59 Å². The van der Waals surface area contributed by atoms with Gasteiger partial charge in [0.05, 0.1) is 30.7 Å². The van der Waals surface area contributed by atoms with Gasteiger partial charge in [-0.25, -0.2) is 0 Å². The standard InChI is InChI=1S/C19H23N3O4S/c1-25-10-9-21-18(23)12-27-17-6-4-3-5-14(17)19(24)22-13-7-8-16(26-2)15(20)11-13/h3-8,11H,9-10,12,20H2,1-2H3,(H,21,23)(H,22,24). The number of carbonyl (C=O) groups excluding carboxylic acids is 2. The minimum atomic E-state index is -0.276. The molecule has 0 fully saturated rings. The number of thioether (sulfide) groups is 1. The summed E-state index contributed by atoms with van der Waals surface area (Å²) in [7, 11) is 3.11. The molecule has 0 unspecified atom stereocenters. The third-order valence-corrected chi connectivity index (χ3v) is 4.68. The number of hydrogen-bond donors (Lipinski definition) is 3. The molecular weight excluding hydrogens is 366 g/mol. The quantitative estimate of drug-likeness (QED) is 0.346. The highest BCUT2D eigenvalue weighted by atomic mass is 32.2. The molecule has 2 aromatic rings. The summed E-state index contributed by atoms with van der Waals surface area (Å²) in [6, 6.07) is 12.2. The summed E-state index contributed by atoms with van der Waals surface area (Å²) < 4.78 is 10.0. The van der Waals surface area contributed by atoms with Gasteiger partial charge in [0.2, 0.25) is 5.91 Å². The first-order chi connectivity index (χ1) is 13.0. The summed E-state index contributed by atoms with van der Waals surface area (Å²) in [4.78, 5) is 25.2. The highest BCUT2D eigenvalue weighted by Crippen LogP contribution is 2.26. The highest BCUT2D eigenvalue weighted by molar-refractivity contribution is 8.00. The summed E-state index contributed by atoms with van der Waals surface area (Å²) in [6.07, 6.45) is 0. The molecule has 0 aliphatic heterocycles. The van der Waals surface area contributed by atoms with E-state index in [1.165, 1.54) is 18.9 Å². The van der Waals surface area contributed by atoms with Crippen LogP contribution in [0, 0.1) is 0 Å². The van der Waals surface area contributed by atoms with Crippen LogP contribution in [0.25, 0.3) is 0 Å². The Morgan fingerprint density at radius 1 is 1.15 bits per heavy atom.